The largest absolute Gasteiger partial charge is 0 e. The van der Waals surface area contributed by atoms with Crippen LogP contribution in [0.2, 0.25) is 0 Å². The van der Waals surface area contributed by atoms with Gasteiger partial charge in [-0.2, -0.15) is 0 Å². The summed E-state index contributed by atoms with van der Waals surface area (Å²) in [7, 11) is 0. The van der Waals surface area contributed by atoms with Gasteiger partial charge >= 0.3 is 0 Å². The van der Waals surface area contributed by atoms with E-state index >= 15 is 0 Å². The van der Waals surface area contributed by atoms with Crippen LogP contribution in [-0.4, -0.2) is 0 Å². The van der Waals surface area contributed by atoms with E-state index in [1.165, 1.54) is 0 Å². The van der Waals surface area contributed by atoms with Gasteiger partial charge in [-0.25, -0.2) is 0 Å². The molecule has 0 radical (unpaired) electrons. The van der Waals surface area contributed by atoms with Crippen molar-refractivity contribution < 1.29 is 1400 Å². The van der Waals surface area contributed by atoms with Crippen molar-refractivity contribution in [1.82, 2.24) is 0 Å². The topological polar surface area (TPSA) is 0 Å². The number of hydrogen-bond acceptors (Lipinski definition) is 0. The first-order chi connectivity index (χ1) is 0. The van der Waals surface area contributed by atoms with Crippen LogP contribution in [0.15, 0.2) is 0 Å². The molecule has 0 nitrogen and oxygen atoms in total. The van der Waals surface area contributed by atoms with Gasteiger partial charge in [0.1, 0.15) is 0 Å². The summed E-state index contributed by atoms with van der Waals surface area (Å²) in [5, 5.41) is 0. The van der Waals surface area contributed by atoms with Crippen LogP contribution >= 0.6 is 0 Å². The van der Waals surface area contributed by atoms with Gasteiger partial charge < -0.3 is 0 Å². The summed E-state index contributed by atoms with van der Waals surface area (Å²) in [6, 6.07) is 0. The smallest absolute Gasteiger partial charge is 0 e. The average Bonchev–Trinajstić information content (AvgIpc) is 0. The third-order valence-corrected chi connectivity index (χ3v) is 0. The Balaban J connectivity index is 0. The fourth-order valence-electron chi connectivity index (χ4n) is 0. The molecule has 45 heavy (non-hydrogen) atoms. The van der Waals surface area contributed by atoms with E-state index in [1.54, 1.807) is 0 Å². The van der Waals surface area contributed by atoms with Crippen molar-refractivity contribution in [2.24, 2.45) is 0 Å². The van der Waals surface area contributed by atoms with E-state index in [9.17, 15) is 0 Å². The summed E-state index contributed by atoms with van der Waals surface area (Å²) in [6.45, 7) is 0. The zero-order valence-corrected chi connectivity index (χ0v) is 210. The minimum Gasteiger partial charge on any atom is 0 e. The van der Waals surface area contributed by atoms with Gasteiger partial charge in [-0.15, -0.1) is 0 Å². The van der Waals surface area contributed by atoms with Crippen LogP contribution in [-0.2, 0) is 0 Å². The van der Waals surface area contributed by atoms with Crippen LogP contribution < -0.4 is 0 Å². The summed E-state index contributed by atoms with van der Waals surface area (Å²) in [4.78, 5) is 0. The van der Waals surface area contributed by atoms with E-state index in [0.717, 1.165) is 0 Å². The molecule has 0 atom stereocenters. The molecular formula is U45. The molecule has 180 valence electrons. The number of hydrogen-bond donors (Lipinski definition) is 0. The van der Waals surface area contributed by atoms with Gasteiger partial charge in [-0.3, -0.25) is 0 Å². The first kappa shape index (κ1) is 344. The molecule has 0 amide bonds. The maximum absolute atomic E-state index is 0. The third-order valence-electron chi connectivity index (χ3n) is 0. The summed E-state index contributed by atoms with van der Waals surface area (Å²) >= 11 is 0. The van der Waals surface area contributed by atoms with E-state index in [4.69, 9.17) is 0 Å². The molecule has 0 fully saturated rings. The van der Waals surface area contributed by atoms with Crippen LogP contribution in [0.3, 0.4) is 0 Å². The fourth-order valence-corrected chi connectivity index (χ4v) is 0. The first-order valence-electron chi connectivity index (χ1n) is 0. The fraction of sp³-hybridized carbons (Fsp3) is 0. The zero-order valence-electron chi connectivity index (χ0n) is 22.5. The Hall–Kier alpha value is 47.3. The van der Waals surface area contributed by atoms with Crippen LogP contribution in [0, 0.1) is 1400 Å². The second-order valence-electron chi connectivity index (χ2n) is 0. The molecular weight excluding hydrogens is 10700 g/mol. The SMILES string of the molecule is [U].[U].[U].[U].[U].[U].[U].[U].[U].[U].[U].[U].[U].[U].[U].[U].[U].[U].[U].[U].[U].[U].[U].[U].[U].[U].[U].[U].[U].[U].[U].[U].[U].[U].[U].[U].[U].[U].[U].[U].[U].[U].[U].[U].[U]. The second kappa shape index (κ2) is 333. The quantitative estimate of drug-likeness (QED) is 0.321. The minimum absolute atomic E-state index is 0. The second-order valence-corrected chi connectivity index (χ2v) is 0. The summed E-state index contributed by atoms with van der Waals surface area (Å²) in [6.07, 6.45) is 0. The normalized spacial score (nSPS) is 0. The predicted molar refractivity (Wildman–Crippen MR) is 0 cm³/mol. The molecule has 0 aliphatic carbocycles. The van der Waals surface area contributed by atoms with Crippen LogP contribution in [0.4, 0.5) is 0 Å². The van der Waals surface area contributed by atoms with Gasteiger partial charge in [0, 0.05) is 1400 Å². The molecule has 0 spiro atoms. The van der Waals surface area contributed by atoms with E-state index in [1.807, 2.05) is 0 Å². The average molecular weight is 10700 g/mol. The van der Waals surface area contributed by atoms with E-state index in [-0.39, 0.29) is 1400 Å². The number of rotatable bonds is 0. The molecule has 0 aliphatic rings. The van der Waals surface area contributed by atoms with Crippen molar-refractivity contribution in [2.75, 3.05) is 0 Å². The van der Waals surface area contributed by atoms with Crippen LogP contribution in [0.25, 0.3) is 0 Å². The summed E-state index contributed by atoms with van der Waals surface area (Å²) in [5.74, 6) is 0. The molecule has 0 N–H and O–H groups in total. The molecule has 0 aromatic heterocycles. The molecule has 0 bridgehead atoms. The van der Waals surface area contributed by atoms with Crippen molar-refractivity contribution in [1.29, 1.82) is 0 Å². The third kappa shape index (κ3) is 325. The van der Waals surface area contributed by atoms with Crippen molar-refractivity contribution >= 4 is 0 Å². The Morgan fingerprint density at radius 2 is 0.0222 bits per heavy atom. The maximum Gasteiger partial charge on any atom is 0 e. The van der Waals surface area contributed by atoms with Crippen molar-refractivity contribution in [3.05, 3.63) is 0 Å². The standard InChI is InChI=1S/45U. The molecule has 0 saturated heterocycles. The van der Waals surface area contributed by atoms with Crippen molar-refractivity contribution in [2.45, 2.75) is 0 Å². The van der Waals surface area contributed by atoms with Crippen LogP contribution in [0.5, 0.6) is 0 Å². The van der Waals surface area contributed by atoms with Gasteiger partial charge in [0.05, 0.1) is 0 Å². The van der Waals surface area contributed by atoms with E-state index in [0.29, 0.717) is 0 Å². The molecule has 0 rings (SSSR count). The Kier molecular flexibility index (Phi) is 2540. The van der Waals surface area contributed by atoms with Gasteiger partial charge in [0.15, 0.2) is 0 Å². The molecule has 0 heterocycles. The first-order valence-corrected chi connectivity index (χ1v) is 0. The molecule has 0 unspecified atom stereocenters. The van der Waals surface area contributed by atoms with E-state index in [2.05, 4.69) is 0 Å². The summed E-state index contributed by atoms with van der Waals surface area (Å²) in [5.41, 5.74) is 0. The molecule has 0 aliphatic heterocycles. The molecule has 45 heteroatoms. The van der Waals surface area contributed by atoms with Crippen molar-refractivity contribution in [3.8, 4) is 0 Å². The Labute approximate surface area is 1350 Å². The van der Waals surface area contributed by atoms with Gasteiger partial charge in [0.25, 0.3) is 0 Å². The van der Waals surface area contributed by atoms with Crippen molar-refractivity contribution in [3.63, 3.8) is 0 Å². The zero-order chi connectivity index (χ0) is 0. The van der Waals surface area contributed by atoms with E-state index < -0.39 is 0 Å². The van der Waals surface area contributed by atoms with Gasteiger partial charge in [0.2, 0.25) is 0 Å². The molecule has 0 aromatic carbocycles. The monoisotopic (exact) mass is 10700 g/mol. The predicted octanol–water partition coefficient (Wildman–Crippen LogP) is 0. The van der Waals surface area contributed by atoms with Crippen LogP contribution in [0.1, 0.15) is 0 Å². The van der Waals surface area contributed by atoms with Gasteiger partial charge in [-0.05, 0) is 0 Å². The minimum atomic E-state index is 0. The Morgan fingerprint density at radius 1 is 0.0222 bits per heavy atom. The molecule has 0 saturated carbocycles. The summed E-state index contributed by atoms with van der Waals surface area (Å²) < 4.78 is 0. The Morgan fingerprint density at radius 3 is 0.0222 bits per heavy atom. The maximum atomic E-state index is 0. The Bertz CT molecular complexity index is 0. The molecule has 0 aromatic rings. The van der Waals surface area contributed by atoms with Gasteiger partial charge in [-0.1, -0.05) is 0 Å².